The predicted octanol–water partition coefficient (Wildman–Crippen LogP) is 5.27. The second-order valence-corrected chi connectivity index (χ2v) is 7.24. The van der Waals surface area contributed by atoms with E-state index in [1.165, 1.54) is 76.2 Å². The first-order valence-electron chi connectivity index (χ1n) is 9.49. The van der Waals surface area contributed by atoms with Crippen LogP contribution < -0.4 is 10.6 Å². The Labute approximate surface area is 136 Å². The Morgan fingerprint density at radius 3 is 1.82 bits per heavy atom. The molecule has 22 heavy (non-hydrogen) atoms. The Balaban J connectivity index is 1.71. The number of nitrogens with one attached hydrogen (secondary N) is 2. The molecule has 0 heterocycles. The molecular weight excluding hydrogens is 272 g/mol. The van der Waals surface area contributed by atoms with Crippen LogP contribution in [0.3, 0.4) is 0 Å². The van der Waals surface area contributed by atoms with E-state index in [1.54, 1.807) is 0 Å². The van der Waals surface area contributed by atoms with Gasteiger partial charge in [-0.3, -0.25) is 0 Å². The zero-order valence-corrected chi connectivity index (χ0v) is 14.3. The first-order chi connectivity index (χ1) is 10.8. The molecule has 2 aliphatic rings. The summed E-state index contributed by atoms with van der Waals surface area (Å²) in [4.78, 5) is 12.1. The molecular formula is C19H34N2O. The van der Waals surface area contributed by atoms with Gasteiger partial charge in [-0.1, -0.05) is 63.4 Å². The fourth-order valence-corrected chi connectivity index (χ4v) is 3.37. The van der Waals surface area contributed by atoms with Crippen LogP contribution in [0.15, 0.2) is 11.8 Å². The second kappa shape index (κ2) is 9.91. The maximum absolute atomic E-state index is 12.1. The summed E-state index contributed by atoms with van der Waals surface area (Å²) in [5.41, 5.74) is 1.31. The van der Waals surface area contributed by atoms with Crippen molar-refractivity contribution in [2.75, 3.05) is 0 Å². The molecule has 0 aliphatic heterocycles. The third kappa shape index (κ3) is 7.33. The van der Waals surface area contributed by atoms with Crippen molar-refractivity contribution < 1.29 is 4.79 Å². The molecule has 0 radical (unpaired) electrons. The van der Waals surface area contributed by atoms with Crippen molar-refractivity contribution in [3.63, 3.8) is 0 Å². The molecule has 0 aromatic rings. The largest absolute Gasteiger partial charge is 0.335 e. The minimum Gasteiger partial charge on any atom is -0.335 e. The summed E-state index contributed by atoms with van der Waals surface area (Å²) < 4.78 is 0. The molecule has 0 unspecified atom stereocenters. The van der Waals surface area contributed by atoms with Crippen molar-refractivity contribution in [3.05, 3.63) is 11.8 Å². The Bertz CT molecular complexity index is 348. The third-order valence-electron chi connectivity index (χ3n) is 5.09. The monoisotopic (exact) mass is 306 g/mol. The number of carbonyl (C=O) groups excluding carboxylic acids is 1. The Morgan fingerprint density at radius 1 is 0.818 bits per heavy atom. The van der Waals surface area contributed by atoms with Crippen LogP contribution in [0, 0.1) is 5.92 Å². The van der Waals surface area contributed by atoms with Crippen LogP contribution in [-0.2, 0) is 0 Å². The summed E-state index contributed by atoms with van der Waals surface area (Å²) in [7, 11) is 0. The van der Waals surface area contributed by atoms with Crippen LogP contribution in [0.4, 0.5) is 4.79 Å². The molecule has 0 aromatic heterocycles. The molecule has 3 nitrogen and oxygen atoms in total. The van der Waals surface area contributed by atoms with Crippen molar-refractivity contribution in [2.45, 2.75) is 96.4 Å². The molecule has 126 valence electrons. The average molecular weight is 306 g/mol. The number of carbonyl (C=O) groups is 1. The highest BCUT2D eigenvalue weighted by Gasteiger charge is 2.23. The Hall–Kier alpha value is -0.990. The zero-order valence-electron chi connectivity index (χ0n) is 14.3. The summed E-state index contributed by atoms with van der Waals surface area (Å²) in [5.74, 6) is 0.724. The van der Waals surface area contributed by atoms with Gasteiger partial charge in [0.1, 0.15) is 0 Å². The van der Waals surface area contributed by atoms with Gasteiger partial charge in [0.05, 0.1) is 0 Å². The summed E-state index contributed by atoms with van der Waals surface area (Å²) >= 11 is 0. The Kier molecular flexibility index (Phi) is 7.82. The highest BCUT2D eigenvalue weighted by molar-refractivity contribution is 5.75. The number of amides is 2. The SMILES string of the molecule is C/C(=C\NC(=O)NC1CCCCCCCCCCC1)C1CC1. The van der Waals surface area contributed by atoms with E-state index in [1.807, 2.05) is 6.20 Å². The van der Waals surface area contributed by atoms with Gasteiger partial charge in [0.25, 0.3) is 0 Å². The Morgan fingerprint density at radius 2 is 1.32 bits per heavy atom. The van der Waals surface area contributed by atoms with Gasteiger partial charge < -0.3 is 10.6 Å². The molecule has 2 aliphatic carbocycles. The highest BCUT2D eigenvalue weighted by Crippen LogP contribution is 2.35. The van der Waals surface area contributed by atoms with Gasteiger partial charge in [-0.25, -0.2) is 4.79 Å². The number of hydrogen-bond acceptors (Lipinski definition) is 1. The number of rotatable bonds is 3. The molecule has 2 amide bonds. The fourth-order valence-electron chi connectivity index (χ4n) is 3.37. The van der Waals surface area contributed by atoms with Gasteiger partial charge >= 0.3 is 6.03 Å². The molecule has 2 fully saturated rings. The molecule has 0 saturated heterocycles. The van der Waals surface area contributed by atoms with Crippen LogP contribution >= 0.6 is 0 Å². The maximum Gasteiger partial charge on any atom is 0.318 e. The van der Waals surface area contributed by atoms with E-state index in [0.29, 0.717) is 6.04 Å². The summed E-state index contributed by atoms with van der Waals surface area (Å²) in [6.07, 6.45) is 18.8. The van der Waals surface area contributed by atoms with Crippen molar-refractivity contribution in [2.24, 2.45) is 5.92 Å². The summed E-state index contributed by atoms with van der Waals surface area (Å²) in [6, 6.07) is 0.339. The lowest BCUT2D eigenvalue weighted by atomic mass is 9.98. The number of urea groups is 1. The molecule has 2 rings (SSSR count). The molecule has 0 atom stereocenters. The first kappa shape index (κ1) is 17.4. The van der Waals surface area contributed by atoms with Crippen molar-refractivity contribution in [1.29, 1.82) is 0 Å². The zero-order chi connectivity index (χ0) is 15.6. The molecule has 3 heteroatoms. The molecule has 0 aromatic carbocycles. The van der Waals surface area contributed by atoms with Crippen LogP contribution in [-0.4, -0.2) is 12.1 Å². The molecule has 2 saturated carbocycles. The van der Waals surface area contributed by atoms with E-state index in [9.17, 15) is 4.79 Å². The lowest BCUT2D eigenvalue weighted by molar-refractivity contribution is 0.237. The predicted molar refractivity (Wildman–Crippen MR) is 92.7 cm³/mol. The quantitative estimate of drug-likeness (QED) is 0.732. The summed E-state index contributed by atoms with van der Waals surface area (Å²) in [5, 5.41) is 6.12. The van der Waals surface area contributed by atoms with E-state index in [4.69, 9.17) is 0 Å². The van der Waals surface area contributed by atoms with Crippen LogP contribution in [0.1, 0.15) is 90.4 Å². The topological polar surface area (TPSA) is 41.1 Å². The van der Waals surface area contributed by atoms with Crippen molar-refractivity contribution in [1.82, 2.24) is 10.6 Å². The minimum absolute atomic E-state index is 0.0166. The van der Waals surface area contributed by atoms with Gasteiger partial charge in [0.2, 0.25) is 0 Å². The number of hydrogen-bond donors (Lipinski definition) is 2. The maximum atomic E-state index is 12.1. The molecule has 2 N–H and O–H groups in total. The third-order valence-corrected chi connectivity index (χ3v) is 5.09. The van der Waals surface area contributed by atoms with Crippen molar-refractivity contribution in [3.8, 4) is 0 Å². The van der Waals surface area contributed by atoms with E-state index in [0.717, 1.165) is 18.8 Å². The van der Waals surface area contributed by atoms with E-state index < -0.39 is 0 Å². The van der Waals surface area contributed by atoms with Gasteiger partial charge in [-0.15, -0.1) is 0 Å². The van der Waals surface area contributed by atoms with Gasteiger partial charge in [-0.05, 0) is 38.5 Å². The number of allylic oxidation sites excluding steroid dienone is 1. The minimum atomic E-state index is -0.0166. The summed E-state index contributed by atoms with van der Waals surface area (Å²) in [6.45, 7) is 2.12. The van der Waals surface area contributed by atoms with E-state index in [-0.39, 0.29) is 6.03 Å². The van der Waals surface area contributed by atoms with Crippen LogP contribution in [0.5, 0.6) is 0 Å². The lowest BCUT2D eigenvalue weighted by Crippen LogP contribution is -2.40. The van der Waals surface area contributed by atoms with E-state index >= 15 is 0 Å². The van der Waals surface area contributed by atoms with Crippen molar-refractivity contribution >= 4 is 6.03 Å². The standard InChI is InChI=1S/C19H34N2O/c1-16(17-13-14-17)15-20-19(22)21-18-11-9-7-5-3-2-4-6-8-10-12-18/h15,17-18H,2-14H2,1H3,(H2,20,21,22)/b16-15+. The highest BCUT2D eigenvalue weighted by atomic mass is 16.2. The smallest absolute Gasteiger partial charge is 0.318 e. The average Bonchev–Trinajstić information content (AvgIpc) is 3.32. The van der Waals surface area contributed by atoms with Gasteiger partial charge in [-0.2, -0.15) is 0 Å². The lowest BCUT2D eigenvalue weighted by Gasteiger charge is -2.19. The first-order valence-corrected chi connectivity index (χ1v) is 9.49. The fraction of sp³-hybridized carbons (Fsp3) is 0.842. The van der Waals surface area contributed by atoms with Crippen LogP contribution in [0.2, 0.25) is 0 Å². The van der Waals surface area contributed by atoms with Crippen LogP contribution in [0.25, 0.3) is 0 Å². The molecule has 0 bridgehead atoms. The second-order valence-electron chi connectivity index (χ2n) is 7.24. The van der Waals surface area contributed by atoms with E-state index in [2.05, 4.69) is 17.6 Å². The normalized spacial score (nSPS) is 23.2. The van der Waals surface area contributed by atoms with Gasteiger partial charge in [0.15, 0.2) is 0 Å². The van der Waals surface area contributed by atoms with Gasteiger partial charge in [0, 0.05) is 12.2 Å². The molecule has 0 spiro atoms.